The highest BCUT2D eigenvalue weighted by Crippen LogP contribution is 2.35. The highest BCUT2D eigenvalue weighted by atomic mass is 32.2. The quantitative estimate of drug-likeness (QED) is 0.315. The van der Waals surface area contributed by atoms with E-state index in [4.69, 9.17) is 5.73 Å². The first kappa shape index (κ1) is 23.1. The normalized spacial score (nSPS) is 14.4. The van der Waals surface area contributed by atoms with Gasteiger partial charge in [0.25, 0.3) is 10.0 Å². The molecule has 3 N–H and O–H groups in total. The van der Waals surface area contributed by atoms with Crippen LogP contribution in [0, 0.1) is 0 Å². The average Bonchev–Trinajstić information content (AvgIpc) is 3.57. The van der Waals surface area contributed by atoms with Crippen molar-refractivity contribution >= 4 is 49.1 Å². The lowest BCUT2D eigenvalue weighted by atomic mass is 10.0. The first-order valence-corrected chi connectivity index (χ1v) is 13.5. The Morgan fingerprint density at radius 3 is 2.70 bits per heavy atom. The number of pyridine rings is 1. The van der Waals surface area contributed by atoms with Gasteiger partial charge in [0.1, 0.15) is 17.8 Å². The molecule has 9 nitrogen and oxygen atoms in total. The third-order valence-corrected chi connectivity index (χ3v) is 8.35. The summed E-state index contributed by atoms with van der Waals surface area (Å²) in [6.07, 6.45) is 10.7. The highest BCUT2D eigenvalue weighted by molar-refractivity contribution is 7.93. The number of sulfonamides is 1. The van der Waals surface area contributed by atoms with Gasteiger partial charge in [-0.3, -0.25) is 14.5 Å². The van der Waals surface area contributed by atoms with E-state index in [1.54, 1.807) is 54.9 Å². The lowest BCUT2D eigenvalue weighted by Gasteiger charge is -2.12. The molecule has 0 spiro atoms. The van der Waals surface area contributed by atoms with Gasteiger partial charge in [0, 0.05) is 46.7 Å². The number of nitrogen functional groups attached to an aromatic ring is 1. The molecular formula is C27H24N6O3S. The zero-order valence-electron chi connectivity index (χ0n) is 19.8. The van der Waals surface area contributed by atoms with Crippen molar-refractivity contribution in [3.63, 3.8) is 0 Å². The Morgan fingerprint density at radius 1 is 1.05 bits per heavy atom. The Bertz CT molecular complexity index is 1770. The lowest BCUT2D eigenvalue weighted by molar-refractivity contribution is 0.104. The molecule has 0 aliphatic heterocycles. The molecule has 1 saturated carbocycles. The van der Waals surface area contributed by atoms with Gasteiger partial charge in [-0.2, -0.15) is 0 Å². The molecule has 6 rings (SSSR count). The lowest BCUT2D eigenvalue weighted by Crippen LogP contribution is -2.14. The van der Waals surface area contributed by atoms with Crippen molar-refractivity contribution in [1.82, 2.24) is 19.5 Å². The number of rotatable bonds is 6. The molecule has 3 heterocycles. The number of aromatic nitrogens is 4. The number of nitrogens with two attached hydrogens (primary N) is 1. The molecule has 1 fully saturated rings. The Morgan fingerprint density at radius 2 is 1.86 bits per heavy atom. The molecule has 0 atom stereocenters. The van der Waals surface area contributed by atoms with E-state index in [0.717, 1.165) is 25.7 Å². The number of benzene rings is 2. The Labute approximate surface area is 213 Å². The van der Waals surface area contributed by atoms with E-state index in [0.29, 0.717) is 32.9 Å². The maximum atomic E-state index is 13.7. The van der Waals surface area contributed by atoms with Crippen LogP contribution in [0.25, 0.3) is 21.8 Å². The van der Waals surface area contributed by atoms with Crippen molar-refractivity contribution in [3.05, 3.63) is 84.6 Å². The first-order valence-electron chi connectivity index (χ1n) is 12.0. The molecule has 0 bridgehead atoms. The highest BCUT2D eigenvalue weighted by Gasteiger charge is 2.26. The minimum atomic E-state index is -3.93. The van der Waals surface area contributed by atoms with Crippen LogP contribution in [0.4, 0.5) is 11.5 Å². The van der Waals surface area contributed by atoms with E-state index < -0.39 is 10.0 Å². The summed E-state index contributed by atoms with van der Waals surface area (Å²) < 4.78 is 31.2. The Balaban J connectivity index is 1.37. The predicted octanol–water partition coefficient (Wildman–Crippen LogP) is 4.71. The molecule has 3 aromatic heterocycles. The fraction of sp³-hybridized carbons (Fsp3) is 0.185. The number of nitrogens with one attached hydrogen (secondary N) is 1. The van der Waals surface area contributed by atoms with Crippen LogP contribution in [0.1, 0.15) is 47.6 Å². The van der Waals surface area contributed by atoms with Crippen molar-refractivity contribution in [3.8, 4) is 0 Å². The summed E-state index contributed by atoms with van der Waals surface area (Å²) in [4.78, 5) is 26.4. The SMILES string of the molecule is Nc1ncnc2c1c(C(=O)c1cccc(NS(=O)(=O)c3cccc4cnccc34)c1)cn2C1CCCC1. The van der Waals surface area contributed by atoms with Gasteiger partial charge in [0.05, 0.1) is 15.8 Å². The van der Waals surface area contributed by atoms with E-state index in [9.17, 15) is 13.2 Å². The fourth-order valence-corrected chi connectivity index (χ4v) is 6.44. The minimum Gasteiger partial charge on any atom is -0.383 e. The van der Waals surface area contributed by atoms with Crippen LogP contribution >= 0.6 is 0 Å². The Kier molecular flexibility index (Phi) is 5.60. The second kappa shape index (κ2) is 8.97. The monoisotopic (exact) mass is 512 g/mol. The van der Waals surface area contributed by atoms with E-state index in [1.165, 1.54) is 12.4 Å². The average molecular weight is 513 g/mol. The van der Waals surface area contributed by atoms with Crippen LogP contribution < -0.4 is 10.5 Å². The molecule has 37 heavy (non-hydrogen) atoms. The number of anilines is 2. The van der Waals surface area contributed by atoms with Crippen LogP contribution in [0.2, 0.25) is 0 Å². The maximum Gasteiger partial charge on any atom is 0.262 e. The van der Waals surface area contributed by atoms with Gasteiger partial charge in [-0.25, -0.2) is 18.4 Å². The number of nitrogens with zero attached hydrogens (tertiary/aromatic N) is 4. The van der Waals surface area contributed by atoms with Crippen LogP contribution in [-0.2, 0) is 10.0 Å². The minimum absolute atomic E-state index is 0.133. The van der Waals surface area contributed by atoms with Crippen LogP contribution in [0.15, 0.2) is 78.3 Å². The molecule has 5 aromatic rings. The third kappa shape index (κ3) is 4.09. The third-order valence-electron chi connectivity index (χ3n) is 6.91. The number of carbonyl (C=O) groups excluding carboxylic acids is 1. The second-order valence-electron chi connectivity index (χ2n) is 9.21. The molecule has 186 valence electrons. The van der Waals surface area contributed by atoms with Gasteiger partial charge in [-0.1, -0.05) is 37.1 Å². The molecule has 2 aromatic carbocycles. The zero-order chi connectivity index (χ0) is 25.6. The fourth-order valence-electron chi connectivity index (χ4n) is 5.16. The number of hydrogen-bond donors (Lipinski definition) is 2. The number of ketones is 1. The van der Waals surface area contributed by atoms with Crippen LogP contribution in [0.3, 0.4) is 0 Å². The predicted molar refractivity (Wildman–Crippen MR) is 142 cm³/mol. The molecule has 0 amide bonds. The van der Waals surface area contributed by atoms with Crippen molar-refractivity contribution in [2.24, 2.45) is 0 Å². The summed E-state index contributed by atoms with van der Waals surface area (Å²) in [5, 5.41) is 1.80. The molecule has 0 unspecified atom stereocenters. The van der Waals surface area contributed by atoms with Gasteiger partial charge in [0.2, 0.25) is 0 Å². The van der Waals surface area contributed by atoms with Gasteiger partial charge in [0.15, 0.2) is 5.78 Å². The number of carbonyl (C=O) groups is 1. The molecule has 1 aliphatic carbocycles. The summed E-state index contributed by atoms with van der Waals surface area (Å²) >= 11 is 0. The van der Waals surface area contributed by atoms with Crippen molar-refractivity contribution < 1.29 is 13.2 Å². The smallest absolute Gasteiger partial charge is 0.262 e. The summed E-state index contributed by atoms with van der Waals surface area (Å²) in [5.74, 6) is -0.0343. The number of hydrogen-bond acceptors (Lipinski definition) is 7. The second-order valence-corrected chi connectivity index (χ2v) is 10.9. The van der Waals surface area contributed by atoms with Crippen molar-refractivity contribution in [1.29, 1.82) is 0 Å². The van der Waals surface area contributed by atoms with Gasteiger partial charge in [-0.15, -0.1) is 0 Å². The van der Waals surface area contributed by atoms with E-state index in [2.05, 4.69) is 19.7 Å². The molecule has 0 saturated heterocycles. The summed E-state index contributed by atoms with van der Waals surface area (Å²) in [5.41, 5.74) is 7.85. The molecule has 10 heteroatoms. The topological polar surface area (TPSA) is 133 Å². The van der Waals surface area contributed by atoms with Crippen LogP contribution in [-0.4, -0.2) is 33.7 Å². The standard InChI is InChI=1S/C27H24N6O3S/c28-26-24-22(15-33(20-8-1-2-9-20)27(24)31-16-30-26)25(34)17-5-3-7-19(13-17)32-37(35,36)23-10-4-6-18-14-29-12-11-21(18)23/h3-7,10-16,20,32H,1-2,8-9H2,(H2,28,30,31). The zero-order valence-corrected chi connectivity index (χ0v) is 20.6. The van der Waals surface area contributed by atoms with E-state index in [-0.39, 0.29) is 28.2 Å². The molecule has 0 radical (unpaired) electrons. The van der Waals surface area contributed by atoms with Crippen molar-refractivity contribution in [2.45, 2.75) is 36.6 Å². The summed E-state index contributed by atoms with van der Waals surface area (Å²) in [6.45, 7) is 0. The first-order chi connectivity index (χ1) is 17.9. The van der Waals surface area contributed by atoms with Gasteiger partial charge >= 0.3 is 0 Å². The summed E-state index contributed by atoms with van der Waals surface area (Å²) in [6, 6.07) is 13.4. The summed E-state index contributed by atoms with van der Waals surface area (Å²) in [7, 11) is -3.93. The van der Waals surface area contributed by atoms with Gasteiger partial charge in [-0.05, 0) is 37.1 Å². The maximum absolute atomic E-state index is 13.7. The van der Waals surface area contributed by atoms with Gasteiger partial charge < -0.3 is 10.3 Å². The number of fused-ring (bicyclic) bond motifs is 2. The van der Waals surface area contributed by atoms with E-state index >= 15 is 0 Å². The largest absolute Gasteiger partial charge is 0.383 e. The van der Waals surface area contributed by atoms with Crippen LogP contribution in [0.5, 0.6) is 0 Å². The molecular weight excluding hydrogens is 488 g/mol. The van der Waals surface area contributed by atoms with E-state index in [1.807, 2.05) is 10.8 Å². The Hall–Kier alpha value is -4.31. The molecule has 1 aliphatic rings. The van der Waals surface area contributed by atoms with Crippen molar-refractivity contribution in [2.75, 3.05) is 10.5 Å².